The third-order valence-electron chi connectivity index (χ3n) is 1.59. The molecule has 0 saturated heterocycles. The van der Waals surface area contributed by atoms with Gasteiger partial charge in [-0.15, -0.1) is 0 Å². The zero-order chi connectivity index (χ0) is 10.8. The Morgan fingerprint density at radius 1 is 1.47 bits per heavy atom. The molecule has 0 aliphatic rings. The van der Waals surface area contributed by atoms with Crippen LogP contribution in [0.3, 0.4) is 0 Å². The Kier molecular flexibility index (Phi) is 3.14. The fraction of sp³-hybridized carbons (Fsp3) is 0. The summed E-state index contributed by atoms with van der Waals surface area (Å²) in [5.41, 5.74) is 5.53. The minimum Gasteiger partial charge on any atom is -0.429 e. The standard InChI is InChI=1S/C9H6BrClN2OS/c10-5-1-2-7(6(11)3-5)14-9-13-4-8(12)15-9/h1-4H,12H2. The molecule has 0 amide bonds. The van der Waals surface area contributed by atoms with Crippen molar-refractivity contribution in [1.82, 2.24) is 4.98 Å². The Hall–Kier alpha value is -0.780. The molecule has 1 heterocycles. The number of nitrogens with zero attached hydrogens (tertiary/aromatic N) is 1. The quantitative estimate of drug-likeness (QED) is 0.914. The van der Waals surface area contributed by atoms with Gasteiger partial charge in [-0.3, -0.25) is 0 Å². The van der Waals surface area contributed by atoms with Crippen molar-refractivity contribution >= 4 is 43.9 Å². The fourth-order valence-corrected chi connectivity index (χ4v) is 2.22. The molecule has 0 spiro atoms. The van der Waals surface area contributed by atoms with Crippen LogP contribution in [0.4, 0.5) is 5.00 Å². The highest BCUT2D eigenvalue weighted by Crippen LogP contribution is 2.33. The van der Waals surface area contributed by atoms with Crippen molar-refractivity contribution in [2.45, 2.75) is 0 Å². The Balaban J connectivity index is 2.24. The van der Waals surface area contributed by atoms with Crippen molar-refractivity contribution in [3.8, 4) is 10.9 Å². The minimum atomic E-state index is 0.483. The summed E-state index contributed by atoms with van der Waals surface area (Å²) < 4.78 is 6.36. The SMILES string of the molecule is Nc1cnc(Oc2ccc(Br)cc2Cl)s1. The molecule has 78 valence electrons. The molecule has 2 rings (SSSR count). The monoisotopic (exact) mass is 304 g/mol. The lowest BCUT2D eigenvalue weighted by Crippen LogP contribution is -1.83. The summed E-state index contributed by atoms with van der Waals surface area (Å²) in [6, 6.07) is 5.37. The van der Waals surface area contributed by atoms with E-state index in [1.807, 2.05) is 6.07 Å². The zero-order valence-electron chi connectivity index (χ0n) is 7.41. The van der Waals surface area contributed by atoms with Gasteiger partial charge in [0, 0.05) is 4.47 Å². The van der Waals surface area contributed by atoms with Gasteiger partial charge < -0.3 is 10.5 Å². The molecule has 0 saturated carbocycles. The molecule has 0 atom stereocenters. The van der Waals surface area contributed by atoms with E-state index in [0.29, 0.717) is 21.0 Å². The molecule has 1 aromatic heterocycles. The van der Waals surface area contributed by atoms with Gasteiger partial charge in [0.15, 0.2) is 0 Å². The Labute approximate surface area is 104 Å². The van der Waals surface area contributed by atoms with Gasteiger partial charge in [-0.05, 0) is 18.2 Å². The first kappa shape index (κ1) is 10.7. The molecule has 0 aliphatic carbocycles. The maximum absolute atomic E-state index is 5.98. The molecule has 2 N–H and O–H groups in total. The number of halogens is 2. The van der Waals surface area contributed by atoms with Crippen LogP contribution in [0.5, 0.6) is 10.9 Å². The molecule has 0 bridgehead atoms. The van der Waals surface area contributed by atoms with Crippen molar-refractivity contribution in [1.29, 1.82) is 0 Å². The number of hydrogen-bond donors (Lipinski definition) is 1. The number of rotatable bonds is 2. The molecule has 0 fully saturated rings. The van der Waals surface area contributed by atoms with Crippen molar-refractivity contribution in [2.24, 2.45) is 0 Å². The van der Waals surface area contributed by atoms with Gasteiger partial charge in [0.2, 0.25) is 0 Å². The fourth-order valence-electron chi connectivity index (χ4n) is 0.969. The van der Waals surface area contributed by atoms with E-state index >= 15 is 0 Å². The zero-order valence-corrected chi connectivity index (χ0v) is 10.6. The van der Waals surface area contributed by atoms with E-state index in [1.54, 1.807) is 18.3 Å². The third-order valence-corrected chi connectivity index (χ3v) is 3.09. The molecular weight excluding hydrogens is 300 g/mol. The molecule has 0 unspecified atom stereocenters. The number of nitrogens with two attached hydrogens (primary N) is 1. The van der Waals surface area contributed by atoms with Crippen LogP contribution in [0.25, 0.3) is 0 Å². The van der Waals surface area contributed by atoms with Crippen LogP contribution >= 0.6 is 38.9 Å². The number of aromatic nitrogens is 1. The smallest absolute Gasteiger partial charge is 0.280 e. The van der Waals surface area contributed by atoms with E-state index in [9.17, 15) is 0 Å². The van der Waals surface area contributed by atoms with Crippen LogP contribution in [-0.2, 0) is 0 Å². The first-order valence-electron chi connectivity index (χ1n) is 3.99. The second-order valence-corrected chi connectivity index (χ2v) is 5.05. The second kappa shape index (κ2) is 4.38. The van der Waals surface area contributed by atoms with E-state index in [2.05, 4.69) is 20.9 Å². The first-order valence-corrected chi connectivity index (χ1v) is 5.98. The summed E-state index contributed by atoms with van der Waals surface area (Å²) in [6.45, 7) is 0. The summed E-state index contributed by atoms with van der Waals surface area (Å²) in [5.74, 6) is 0.564. The van der Waals surface area contributed by atoms with Crippen LogP contribution < -0.4 is 10.5 Å². The predicted octanol–water partition coefficient (Wildman–Crippen LogP) is 3.93. The summed E-state index contributed by atoms with van der Waals surface area (Å²) in [5, 5.41) is 1.62. The summed E-state index contributed by atoms with van der Waals surface area (Å²) in [6.07, 6.45) is 1.55. The molecule has 0 radical (unpaired) electrons. The van der Waals surface area contributed by atoms with E-state index in [0.717, 1.165) is 4.47 Å². The lowest BCUT2D eigenvalue weighted by atomic mass is 10.3. The lowest BCUT2D eigenvalue weighted by molar-refractivity contribution is 0.479. The molecule has 0 aliphatic heterocycles. The average molecular weight is 306 g/mol. The van der Waals surface area contributed by atoms with Crippen molar-refractivity contribution in [3.05, 3.63) is 33.9 Å². The van der Waals surface area contributed by atoms with E-state index in [1.165, 1.54) is 11.3 Å². The van der Waals surface area contributed by atoms with Crippen LogP contribution in [0, 0.1) is 0 Å². The normalized spacial score (nSPS) is 10.3. The number of anilines is 1. The van der Waals surface area contributed by atoms with Gasteiger partial charge in [0.1, 0.15) is 10.8 Å². The lowest BCUT2D eigenvalue weighted by Gasteiger charge is -2.03. The van der Waals surface area contributed by atoms with Crippen LogP contribution in [0.1, 0.15) is 0 Å². The van der Waals surface area contributed by atoms with Crippen LogP contribution in [-0.4, -0.2) is 4.98 Å². The van der Waals surface area contributed by atoms with E-state index in [-0.39, 0.29) is 0 Å². The minimum absolute atomic E-state index is 0.483. The number of hydrogen-bond acceptors (Lipinski definition) is 4. The van der Waals surface area contributed by atoms with Crippen molar-refractivity contribution in [3.63, 3.8) is 0 Å². The number of nitrogen functional groups attached to an aromatic ring is 1. The van der Waals surface area contributed by atoms with Gasteiger partial charge in [-0.2, -0.15) is 0 Å². The largest absolute Gasteiger partial charge is 0.429 e. The molecule has 1 aromatic carbocycles. The number of thiazole rings is 1. The number of ether oxygens (including phenoxy) is 1. The highest BCUT2D eigenvalue weighted by atomic mass is 79.9. The van der Waals surface area contributed by atoms with Crippen LogP contribution in [0.15, 0.2) is 28.9 Å². The van der Waals surface area contributed by atoms with Gasteiger partial charge in [0.05, 0.1) is 11.2 Å². The average Bonchev–Trinajstić information content (AvgIpc) is 2.56. The molecule has 15 heavy (non-hydrogen) atoms. The maximum Gasteiger partial charge on any atom is 0.280 e. The van der Waals surface area contributed by atoms with E-state index in [4.69, 9.17) is 22.1 Å². The maximum atomic E-state index is 5.98. The van der Waals surface area contributed by atoms with E-state index < -0.39 is 0 Å². The Bertz CT molecular complexity index is 489. The van der Waals surface area contributed by atoms with Crippen LogP contribution in [0.2, 0.25) is 5.02 Å². The van der Waals surface area contributed by atoms with Gasteiger partial charge in [0.25, 0.3) is 5.19 Å². The summed E-state index contributed by atoms with van der Waals surface area (Å²) >= 11 is 10.6. The predicted molar refractivity (Wildman–Crippen MR) is 65.8 cm³/mol. The molecule has 3 nitrogen and oxygen atoms in total. The highest BCUT2D eigenvalue weighted by molar-refractivity contribution is 9.10. The molecular formula is C9H6BrClN2OS. The summed E-state index contributed by atoms with van der Waals surface area (Å²) in [7, 11) is 0. The first-order chi connectivity index (χ1) is 7.15. The van der Waals surface area contributed by atoms with Crippen molar-refractivity contribution < 1.29 is 4.74 Å². The Morgan fingerprint density at radius 2 is 2.27 bits per heavy atom. The topological polar surface area (TPSA) is 48.1 Å². The third kappa shape index (κ3) is 2.62. The number of benzene rings is 1. The van der Waals surface area contributed by atoms with Gasteiger partial charge in [-0.25, -0.2) is 4.98 Å². The van der Waals surface area contributed by atoms with Crippen molar-refractivity contribution in [2.75, 3.05) is 5.73 Å². The van der Waals surface area contributed by atoms with Gasteiger partial charge >= 0.3 is 0 Å². The highest BCUT2D eigenvalue weighted by Gasteiger charge is 2.06. The Morgan fingerprint density at radius 3 is 2.87 bits per heavy atom. The van der Waals surface area contributed by atoms with Gasteiger partial charge in [-0.1, -0.05) is 38.9 Å². The summed E-state index contributed by atoms with van der Waals surface area (Å²) in [4.78, 5) is 3.98. The molecule has 2 aromatic rings. The second-order valence-electron chi connectivity index (χ2n) is 2.71. The molecule has 6 heteroatoms.